The molecule has 98 valence electrons. The predicted octanol–water partition coefficient (Wildman–Crippen LogP) is 1.08. The summed E-state index contributed by atoms with van der Waals surface area (Å²) in [4.78, 5) is 25.9. The molecule has 7 heteroatoms. The molecule has 0 aliphatic carbocycles. The molecule has 1 aliphatic rings. The number of nitrogens with two attached hydrogens (primary N) is 1. The third-order valence-corrected chi connectivity index (χ3v) is 3.01. The van der Waals surface area contributed by atoms with Crippen molar-refractivity contribution in [2.24, 2.45) is 10.7 Å². The maximum atomic E-state index is 11.5. The molecule has 0 unspecified atom stereocenters. The molecular weight excluding hydrogens is 268 g/mol. The Hall–Kier alpha value is -2.28. The number of carboxylic acid groups (broad SMARTS) is 1. The molecule has 1 heterocycles. The smallest absolute Gasteiger partial charge is 0.341 e. The lowest BCUT2D eigenvalue weighted by Gasteiger charge is -2.06. The third kappa shape index (κ3) is 3.35. The molecule has 0 radical (unpaired) electrons. The Kier molecular flexibility index (Phi) is 3.86. The fourth-order valence-corrected chi connectivity index (χ4v) is 2.11. The summed E-state index contributed by atoms with van der Waals surface area (Å²) in [5.41, 5.74) is 6.05. The van der Waals surface area contributed by atoms with Gasteiger partial charge in [0.05, 0.1) is 4.91 Å². The number of hydrogen-bond donors (Lipinski definition) is 2. The van der Waals surface area contributed by atoms with Crippen LogP contribution in [0, 0.1) is 0 Å². The first kappa shape index (κ1) is 13.2. The van der Waals surface area contributed by atoms with E-state index in [2.05, 4.69) is 4.99 Å². The van der Waals surface area contributed by atoms with E-state index in [0.717, 1.165) is 11.8 Å². The van der Waals surface area contributed by atoms with Crippen LogP contribution in [0.4, 0.5) is 0 Å². The molecular formula is C12H10N2O4S. The van der Waals surface area contributed by atoms with E-state index in [1.807, 2.05) is 0 Å². The van der Waals surface area contributed by atoms with Crippen LogP contribution in [0.5, 0.6) is 5.75 Å². The van der Waals surface area contributed by atoms with E-state index in [9.17, 15) is 9.59 Å². The van der Waals surface area contributed by atoms with Gasteiger partial charge in [-0.1, -0.05) is 18.2 Å². The minimum atomic E-state index is -1.07. The van der Waals surface area contributed by atoms with Gasteiger partial charge in [-0.25, -0.2) is 4.79 Å². The van der Waals surface area contributed by atoms with Crippen LogP contribution >= 0.6 is 11.8 Å². The minimum Gasteiger partial charge on any atom is -0.481 e. The van der Waals surface area contributed by atoms with Gasteiger partial charge in [-0.15, -0.1) is 0 Å². The fraction of sp³-hybridized carbons (Fsp3) is 0.0833. The first-order valence-corrected chi connectivity index (χ1v) is 6.09. The highest BCUT2D eigenvalue weighted by Gasteiger charge is 2.20. The molecule has 1 amide bonds. The number of aliphatic carboxylic acids is 1. The molecule has 2 rings (SSSR count). The zero-order valence-electron chi connectivity index (χ0n) is 9.70. The molecule has 0 spiro atoms. The lowest BCUT2D eigenvalue weighted by molar-refractivity contribution is -0.139. The lowest BCUT2D eigenvalue weighted by Crippen LogP contribution is -2.10. The van der Waals surface area contributed by atoms with Crippen molar-refractivity contribution >= 4 is 34.9 Å². The van der Waals surface area contributed by atoms with E-state index in [4.69, 9.17) is 15.6 Å². The van der Waals surface area contributed by atoms with Gasteiger partial charge in [0, 0.05) is 5.56 Å². The highest BCUT2D eigenvalue weighted by Crippen LogP contribution is 2.29. The number of para-hydroxylation sites is 1. The van der Waals surface area contributed by atoms with Gasteiger partial charge in [-0.05, 0) is 23.9 Å². The number of nitrogens with zero attached hydrogens (tertiary/aromatic N) is 1. The van der Waals surface area contributed by atoms with Crippen LogP contribution in [-0.2, 0) is 9.59 Å². The predicted molar refractivity (Wildman–Crippen MR) is 71.8 cm³/mol. The van der Waals surface area contributed by atoms with E-state index >= 15 is 0 Å². The summed E-state index contributed by atoms with van der Waals surface area (Å²) in [6.07, 6.45) is 1.58. The van der Waals surface area contributed by atoms with Crippen LogP contribution in [0.15, 0.2) is 34.2 Å². The van der Waals surface area contributed by atoms with Gasteiger partial charge >= 0.3 is 5.97 Å². The first-order valence-electron chi connectivity index (χ1n) is 5.28. The van der Waals surface area contributed by atoms with Crippen LogP contribution in [-0.4, -0.2) is 28.8 Å². The Balaban J connectivity index is 2.23. The van der Waals surface area contributed by atoms with Crippen molar-refractivity contribution in [2.45, 2.75) is 0 Å². The number of rotatable bonds is 4. The molecule has 3 N–H and O–H groups in total. The van der Waals surface area contributed by atoms with Gasteiger partial charge in [0.25, 0.3) is 5.91 Å². The van der Waals surface area contributed by atoms with Gasteiger partial charge in [0.1, 0.15) is 5.75 Å². The number of carboxylic acids is 1. The molecule has 1 aromatic rings. The maximum absolute atomic E-state index is 11.5. The van der Waals surface area contributed by atoms with Gasteiger partial charge < -0.3 is 15.6 Å². The van der Waals surface area contributed by atoms with Crippen LogP contribution in [0.3, 0.4) is 0 Å². The number of ether oxygens (including phenoxy) is 1. The second-order valence-electron chi connectivity index (χ2n) is 3.59. The number of carbonyl (C=O) groups is 2. The van der Waals surface area contributed by atoms with Crippen LogP contribution < -0.4 is 10.5 Å². The maximum Gasteiger partial charge on any atom is 0.341 e. The number of hydrogen-bond acceptors (Lipinski definition) is 5. The summed E-state index contributed by atoms with van der Waals surface area (Å²) >= 11 is 1.07. The fourth-order valence-electron chi connectivity index (χ4n) is 1.44. The molecule has 0 aromatic heterocycles. The molecule has 0 saturated carbocycles. The second-order valence-corrected chi connectivity index (χ2v) is 4.65. The average Bonchev–Trinajstić information content (AvgIpc) is 2.67. The van der Waals surface area contributed by atoms with Gasteiger partial charge in [0.15, 0.2) is 11.8 Å². The Bertz CT molecular complexity index is 595. The van der Waals surface area contributed by atoms with Crippen LogP contribution in [0.2, 0.25) is 0 Å². The number of amidine groups is 1. The quantitative estimate of drug-likeness (QED) is 0.799. The molecule has 0 bridgehead atoms. The van der Waals surface area contributed by atoms with Crippen molar-refractivity contribution in [3.8, 4) is 5.75 Å². The summed E-state index contributed by atoms with van der Waals surface area (Å²) in [7, 11) is 0. The topological polar surface area (TPSA) is 102 Å². The van der Waals surface area contributed by atoms with Crippen LogP contribution in [0.1, 0.15) is 5.56 Å². The average molecular weight is 278 g/mol. The number of carbonyl (C=O) groups excluding carboxylic acids is 1. The van der Waals surface area contributed by atoms with Gasteiger partial charge in [-0.3, -0.25) is 4.79 Å². The Labute approximate surface area is 113 Å². The zero-order valence-corrected chi connectivity index (χ0v) is 10.5. The number of aliphatic imine (C=N–C) groups is 1. The highest BCUT2D eigenvalue weighted by molar-refractivity contribution is 8.18. The minimum absolute atomic E-state index is 0.195. The van der Waals surface area contributed by atoms with Gasteiger partial charge in [0.2, 0.25) is 0 Å². The van der Waals surface area contributed by atoms with Crippen molar-refractivity contribution in [3.05, 3.63) is 34.7 Å². The standard InChI is InChI=1S/C12H10N2O4S/c13-12-14-11(17)9(19-12)5-7-3-1-2-4-8(7)18-6-10(15)16/h1-5H,6H2,(H,15,16)(H2,13,14,17)/b9-5-. The van der Waals surface area contributed by atoms with Crippen molar-refractivity contribution in [3.63, 3.8) is 0 Å². The first-order chi connectivity index (χ1) is 9.06. The van der Waals surface area contributed by atoms with E-state index in [1.54, 1.807) is 30.3 Å². The number of thioether (sulfide) groups is 1. The molecule has 1 aromatic carbocycles. The third-order valence-electron chi connectivity index (χ3n) is 2.19. The summed E-state index contributed by atoms with van der Waals surface area (Å²) in [6.45, 7) is -0.445. The Morgan fingerprint density at radius 3 is 2.84 bits per heavy atom. The summed E-state index contributed by atoms with van der Waals surface area (Å²) in [5.74, 6) is -1.09. The van der Waals surface area contributed by atoms with E-state index < -0.39 is 18.5 Å². The molecule has 0 fully saturated rings. The highest BCUT2D eigenvalue weighted by atomic mass is 32.2. The van der Waals surface area contributed by atoms with Crippen LogP contribution in [0.25, 0.3) is 6.08 Å². The van der Waals surface area contributed by atoms with Crippen molar-refractivity contribution < 1.29 is 19.4 Å². The molecule has 19 heavy (non-hydrogen) atoms. The largest absolute Gasteiger partial charge is 0.481 e. The Morgan fingerprint density at radius 1 is 1.47 bits per heavy atom. The molecule has 0 saturated heterocycles. The summed E-state index contributed by atoms with van der Waals surface area (Å²) in [5, 5.41) is 8.79. The number of amides is 1. The Morgan fingerprint density at radius 2 is 2.21 bits per heavy atom. The SMILES string of the molecule is NC1=NC(=O)/C(=C/c2ccccc2OCC(=O)O)S1. The normalized spacial score (nSPS) is 16.5. The van der Waals surface area contributed by atoms with Crippen molar-refractivity contribution in [1.82, 2.24) is 0 Å². The molecule has 6 nitrogen and oxygen atoms in total. The molecule has 1 aliphatic heterocycles. The summed E-state index contributed by atoms with van der Waals surface area (Å²) in [6, 6.07) is 6.82. The van der Waals surface area contributed by atoms with Crippen molar-refractivity contribution in [1.29, 1.82) is 0 Å². The molecule has 0 atom stereocenters. The zero-order chi connectivity index (χ0) is 13.8. The second kappa shape index (κ2) is 5.57. The lowest BCUT2D eigenvalue weighted by atomic mass is 10.2. The van der Waals surface area contributed by atoms with E-state index in [0.29, 0.717) is 16.2 Å². The number of benzene rings is 1. The van der Waals surface area contributed by atoms with Crippen molar-refractivity contribution in [2.75, 3.05) is 6.61 Å². The summed E-state index contributed by atoms with van der Waals surface area (Å²) < 4.78 is 5.14. The van der Waals surface area contributed by atoms with E-state index in [-0.39, 0.29) is 5.17 Å². The van der Waals surface area contributed by atoms with E-state index in [1.165, 1.54) is 0 Å². The monoisotopic (exact) mass is 278 g/mol. The van der Waals surface area contributed by atoms with Gasteiger partial charge in [-0.2, -0.15) is 4.99 Å².